The van der Waals surface area contributed by atoms with Gasteiger partial charge in [-0.2, -0.15) is 0 Å². The van der Waals surface area contributed by atoms with Crippen LogP contribution in [0.25, 0.3) is 0 Å². The molecule has 0 aliphatic rings. The van der Waals surface area contributed by atoms with Crippen molar-refractivity contribution in [2.24, 2.45) is 11.8 Å². The van der Waals surface area contributed by atoms with Crippen LogP contribution in [0.2, 0.25) is 0 Å². The van der Waals surface area contributed by atoms with Crippen molar-refractivity contribution in [2.75, 3.05) is 26.7 Å². The average molecular weight is 216 g/mol. The van der Waals surface area contributed by atoms with Gasteiger partial charge in [-0.15, -0.1) is 0 Å². The van der Waals surface area contributed by atoms with E-state index in [4.69, 9.17) is 0 Å². The van der Waals surface area contributed by atoms with E-state index in [2.05, 4.69) is 45.3 Å². The van der Waals surface area contributed by atoms with Crippen LogP contribution in [0.3, 0.4) is 0 Å². The molecule has 15 heavy (non-hydrogen) atoms. The molecule has 0 atom stereocenters. The zero-order valence-electron chi connectivity index (χ0n) is 11.7. The maximum absolute atomic E-state index is 3.38. The minimum absolute atomic E-state index is 0.781. The second kappa shape index (κ2) is 13.9. The molecular formula is C13H32N2. The first-order chi connectivity index (χ1) is 7.04. The molecule has 0 aliphatic carbocycles. The SMILES string of the molecule is CC(C)CNCC(C)C.CCCCNC. The maximum Gasteiger partial charge on any atom is -0.00257 e. The molecule has 0 aliphatic heterocycles. The summed E-state index contributed by atoms with van der Waals surface area (Å²) in [5, 5.41) is 6.45. The van der Waals surface area contributed by atoms with E-state index in [9.17, 15) is 0 Å². The van der Waals surface area contributed by atoms with Crippen LogP contribution in [0.5, 0.6) is 0 Å². The summed E-state index contributed by atoms with van der Waals surface area (Å²) in [6.45, 7) is 14.6. The van der Waals surface area contributed by atoms with Crippen LogP contribution in [0.1, 0.15) is 47.5 Å². The lowest BCUT2D eigenvalue weighted by atomic mass is 10.2. The van der Waals surface area contributed by atoms with Crippen molar-refractivity contribution in [1.82, 2.24) is 10.6 Å². The van der Waals surface area contributed by atoms with E-state index in [1.165, 1.54) is 12.8 Å². The van der Waals surface area contributed by atoms with Gasteiger partial charge in [0.1, 0.15) is 0 Å². The fourth-order valence-corrected chi connectivity index (χ4v) is 1.01. The Morgan fingerprint density at radius 3 is 1.60 bits per heavy atom. The van der Waals surface area contributed by atoms with Crippen molar-refractivity contribution in [2.45, 2.75) is 47.5 Å². The molecule has 0 saturated carbocycles. The first kappa shape index (κ1) is 17.3. The Kier molecular flexibility index (Phi) is 16.1. The van der Waals surface area contributed by atoms with Crippen molar-refractivity contribution < 1.29 is 0 Å². The van der Waals surface area contributed by atoms with Gasteiger partial charge < -0.3 is 10.6 Å². The number of unbranched alkanes of at least 4 members (excludes halogenated alkanes) is 1. The Morgan fingerprint density at radius 1 is 0.933 bits per heavy atom. The summed E-state index contributed by atoms with van der Waals surface area (Å²) in [5.41, 5.74) is 0. The zero-order chi connectivity index (χ0) is 12.1. The topological polar surface area (TPSA) is 24.1 Å². The summed E-state index contributed by atoms with van der Waals surface area (Å²) < 4.78 is 0. The zero-order valence-corrected chi connectivity index (χ0v) is 11.7. The highest BCUT2D eigenvalue weighted by molar-refractivity contribution is 4.52. The minimum Gasteiger partial charge on any atom is -0.320 e. The van der Waals surface area contributed by atoms with Gasteiger partial charge in [-0.25, -0.2) is 0 Å². The van der Waals surface area contributed by atoms with Gasteiger partial charge in [-0.05, 0) is 44.9 Å². The highest BCUT2D eigenvalue weighted by atomic mass is 14.9. The molecule has 0 unspecified atom stereocenters. The Hall–Kier alpha value is -0.0800. The smallest absolute Gasteiger partial charge is 0.00257 e. The molecule has 0 saturated heterocycles. The average Bonchev–Trinajstić information content (AvgIpc) is 2.14. The predicted molar refractivity (Wildman–Crippen MR) is 71.4 cm³/mol. The molecule has 2 nitrogen and oxygen atoms in total. The molecule has 0 amide bonds. The van der Waals surface area contributed by atoms with E-state index in [0.717, 1.165) is 31.5 Å². The van der Waals surface area contributed by atoms with E-state index in [0.29, 0.717) is 0 Å². The molecule has 2 N–H and O–H groups in total. The summed E-state index contributed by atoms with van der Waals surface area (Å²) >= 11 is 0. The molecule has 0 fully saturated rings. The van der Waals surface area contributed by atoms with Gasteiger partial charge in [0.25, 0.3) is 0 Å². The third kappa shape index (κ3) is 24.9. The van der Waals surface area contributed by atoms with Crippen molar-refractivity contribution in [3.63, 3.8) is 0 Å². The predicted octanol–water partition coefficient (Wildman–Crippen LogP) is 2.89. The van der Waals surface area contributed by atoms with Gasteiger partial charge >= 0.3 is 0 Å². The van der Waals surface area contributed by atoms with Gasteiger partial charge in [0, 0.05) is 0 Å². The van der Waals surface area contributed by atoms with Crippen LogP contribution >= 0.6 is 0 Å². The summed E-state index contributed by atoms with van der Waals surface area (Å²) in [7, 11) is 1.98. The van der Waals surface area contributed by atoms with Crippen LogP contribution in [0.4, 0.5) is 0 Å². The molecular weight excluding hydrogens is 184 g/mol. The second-order valence-electron chi connectivity index (χ2n) is 4.90. The van der Waals surface area contributed by atoms with Crippen molar-refractivity contribution in [3.05, 3.63) is 0 Å². The molecule has 0 spiro atoms. The quantitative estimate of drug-likeness (QED) is 0.640. The third-order valence-electron chi connectivity index (χ3n) is 1.89. The molecule has 0 heterocycles. The summed E-state index contributed by atoms with van der Waals surface area (Å²) in [4.78, 5) is 0. The Labute approximate surface area is 97.2 Å². The molecule has 0 bridgehead atoms. The van der Waals surface area contributed by atoms with Crippen LogP contribution in [-0.2, 0) is 0 Å². The standard InChI is InChI=1S/C8H19N.C5H13N/c1-7(2)5-9-6-8(3)4;1-3-4-5-6-2/h7-9H,5-6H2,1-4H3;6H,3-5H2,1-2H3. The molecule has 0 aromatic carbocycles. The summed E-state index contributed by atoms with van der Waals surface area (Å²) in [5.74, 6) is 1.56. The van der Waals surface area contributed by atoms with E-state index < -0.39 is 0 Å². The fourth-order valence-electron chi connectivity index (χ4n) is 1.01. The number of rotatable bonds is 7. The second-order valence-corrected chi connectivity index (χ2v) is 4.90. The molecule has 0 aromatic heterocycles. The minimum atomic E-state index is 0.781. The Morgan fingerprint density at radius 2 is 1.40 bits per heavy atom. The Balaban J connectivity index is 0. The van der Waals surface area contributed by atoms with Gasteiger partial charge in [0.05, 0.1) is 0 Å². The number of nitrogens with one attached hydrogen (secondary N) is 2. The van der Waals surface area contributed by atoms with E-state index in [-0.39, 0.29) is 0 Å². The van der Waals surface area contributed by atoms with Crippen LogP contribution in [0, 0.1) is 11.8 Å². The molecule has 2 heteroatoms. The highest BCUT2D eigenvalue weighted by Crippen LogP contribution is 1.90. The number of hydrogen-bond donors (Lipinski definition) is 2. The normalized spacial score (nSPS) is 10.4. The summed E-state index contributed by atoms with van der Waals surface area (Å²) in [6.07, 6.45) is 2.59. The van der Waals surface area contributed by atoms with Crippen LogP contribution < -0.4 is 10.6 Å². The van der Waals surface area contributed by atoms with Gasteiger partial charge in [-0.1, -0.05) is 41.0 Å². The van der Waals surface area contributed by atoms with Crippen molar-refractivity contribution in [1.29, 1.82) is 0 Å². The third-order valence-corrected chi connectivity index (χ3v) is 1.89. The van der Waals surface area contributed by atoms with E-state index in [1.54, 1.807) is 0 Å². The monoisotopic (exact) mass is 216 g/mol. The number of hydrogen-bond acceptors (Lipinski definition) is 2. The first-order valence-corrected chi connectivity index (χ1v) is 6.39. The molecule has 0 radical (unpaired) electrons. The highest BCUT2D eigenvalue weighted by Gasteiger charge is 1.94. The van der Waals surface area contributed by atoms with Crippen LogP contribution in [0.15, 0.2) is 0 Å². The van der Waals surface area contributed by atoms with Crippen LogP contribution in [-0.4, -0.2) is 26.7 Å². The fraction of sp³-hybridized carbons (Fsp3) is 1.00. The lowest BCUT2D eigenvalue weighted by molar-refractivity contribution is 0.497. The van der Waals surface area contributed by atoms with Crippen molar-refractivity contribution >= 4 is 0 Å². The lowest BCUT2D eigenvalue weighted by Gasteiger charge is -2.08. The Bertz CT molecular complexity index is 88.7. The molecule has 0 aromatic rings. The summed E-state index contributed by atoms with van der Waals surface area (Å²) in [6, 6.07) is 0. The molecule has 94 valence electrons. The lowest BCUT2D eigenvalue weighted by Crippen LogP contribution is -2.23. The molecule has 0 rings (SSSR count). The first-order valence-electron chi connectivity index (χ1n) is 6.39. The van der Waals surface area contributed by atoms with Crippen molar-refractivity contribution in [3.8, 4) is 0 Å². The van der Waals surface area contributed by atoms with E-state index >= 15 is 0 Å². The maximum atomic E-state index is 3.38. The van der Waals surface area contributed by atoms with Gasteiger partial charge in [0.15, 0.2) is 0 Å². The van der Waals surface area contributed by atoms with Gasteiger partial charge in [0.2, 0.25) is 0 Å². The van der Waals surface area contributed by atoms with Gasteiger partial charge in [-0.3, -0.25) is 0 Å². The largest absolute Gasteiger partial charge is 0.320 e. The van der Waals surface area contributed by atoms with E-state index in [1.807, 2.05) is 7.05 Å².